The summed E-state index contributed by atoms with van der Waals surface area (Å²) in [7, 11) is 1.61. The van der Waals surface area contributed by atoms with Gasteiger partial charge < -0.3 is 21.1 Å². The molecule has 4 N–H and O–H groups in total. The van der Waals surface area contributed by atoms with Crippen molar-refractivity contribution in [3.05, 3.63) is 18.2 Å². The van der Waals surface area contributed by atoms with Crippen LogP contribution in [0.15, 0.2) is 18.2 Å². The molecule has 0 heterocycles. The number of carbonyl (C=O) groups excluding carboxylic acids is 1. The van der Waals surface area contributed by atoms with Gasteiger partial charge in [-0.25, -0.2) is 0 Å². The number of amides is 1. The lowest BCUT2D eigenvalue weighted by atomic mass is 10.2. The molecule has 1 rings (SSSR count). The van der Waals surface area contributed by atoms with Gasteiger partial charge in [0.2, 0.25) is 5.91 Å². The molecule has 1 atom stereocenters. The number of carbonyl (C=O) groups is 1. The molecule has 5 heteroatoms. The quantitative estimate of drug-likeness (QED) is 0.671. The number of benzene rings is 1. The molecule has 1 amide bonds. The summed E-state index contributed by atoms with van der Waals surface area (Å²) in [6.07, 6.45) is 0.922. The predicted molar refractivity (Wildman–Crippen MR) is 73.8 cm³/mol. The van der Waals surface area contributed by atoms with Crippen molar-refractivity contribution in [3.8, 4) is 5.75 Å². The number of rotatable bonds is 6. The molecule has 0 aliphatic heterocycles. The van der Waals surface area contributed by atoms with Gasteiger partial charge in [-0.1, -0.05) is 6.92 Å². The minimum absolute atomic E-state index is 0.0668. The molecule has 0 bridgehead atoms. The lowest BCUT2D eigenvalue weighted by Gasteiger charge is -2.15. The summed E-state index contributed by atoms with van der Waals surface area (Å²) in [4.78, 5) is 11.4. The van der Waals surface area contributed by atoms with Gasteiger partial charge in [-0.2, -0.15) is 0 Å². The molecule has 1 unspecified atom stereocenters. The van der Waals surface area contributed by atoms with Gasteiger partial charge in [0, 0.05) is 18.8 Å². The van der Waals surface area contributed by atoms with Gasteiger partial charge in [0.05, 0.1) is 12.3 Å². The first-order chi connectivity index (χ1) is 8.58. The predicted octanol–water partition coefficient (Wildman–Crippen LogP) is 1.60. The standard InChI is InChI=1S/C13H21N3O2/c1-4-7-18-12-8-10(5-6-11(12)14)16-9(2)13(17)15-3/h5-6,8-9,16H,4,7,14H2,1-3H3,(H,15,17). The van der Waals surface area contributed by atoms with Crippen molar-refractivity contribution in [2.45, 2.75) is 26.3 Å². The van der Waals surface area contributed by atoms with E-state index in [0.717, 1.165) is 12.1 Å². The minimum atomic E-state index is -0.308. The number of nitrogens with two attached hydrogens (primary N) is 1. The Morgan fingerprint density at radius 2 is 2.22 bits per heavy atom. The Bertz CT molecular complexity index is 407. The fraction of sp³-hybridized carbons (Fsp3) is 0.462. The highest BCUT2D eigenvalue weighted by Crippen LogP contribution is 2.26. The van der Waals surface area contributed by atoms with Gasteiger partial charge in [-0.15, -0.1) is 0 Å². The maximum absolute atomic E-state index is 11.4. The second-order valence-electron chi connectivity index (χ2n) is 4.08. The van der Waals surface area contributed by atoms with Crippen LogP contribution in [0.25, 0.3) is 0 Å². The van der Waals surface area contributed by atoms with E-state index in [1.807, 2.05) is 19.1 Å². The Morgan fingerprint density at radius 1 is 1.50 bits per heavy atom. The van der Waals surface area contributed by atoms with Gasteiger partial charge in [-0.3, -0.25) is 4.79 Å². The summed E-state index contributed by atoms with van der Waals surface area (Å²) >= 11 is 0. The Labute approximate surface area is 108 Å². The molecule has 0 spiro atoms. The van der Waals surface area contributed by atoms with Crippen LogP contribution in [0.5, 0.6) is 5.75 Å². The normalized spacial score (nSPS) is 11.7. The highest BCUT2D eigenvalue weighted by atomic mass is 16.5. The van der Waals surface area contributed by atoms with Crippen LogP contribution in [0.3, 0.4) is 0 Å². The largest absolute Gasteiger partial charge is 0.491 e. The fourth-order valence-electron chi connectivity index (χ4n) is 1.49. The highest BCUT2D eigenvalue weighted by molar-refractivity contribution is 5.84. The first-order valence-corrected chi connectivity index (χ1v) is 6.09. The summed E-state index contributed by atoms with van der Waals surface area (Å²) in [5.41, 5.74) is 7.23. The number of likely N-dealkylation sites (N-methyl/N-ethyl adjacent to an activating group) is 1. The van der Waals surface area contributed by atoms with Crippen LogP contribution >= 0.6 is 0 Å². The minimum Gasteiger partial charge on any atom is -0.491 e. The van der Waals surface area contributed by atoms with E-state index in [1.54, 1.807) is 20.0 Å². The topological polar surface area (TPSA) is 76.4 Å². The SMILES string of the molecule is CCCOc1cc(NC(C)C(=O)NC)ccc1N. The molecule has 0 saturated carbocycles. The van der Waals surface area contributed by atoms with E-state index in [-0.39, 0.29) is 11.9 Å². The van der Waals surface area contributed by atoms with E-state index in [0.29, 0.717) is 18.0 Å². The number of hydrogen-bond acceptors (Lipinski definition) is 4. The second-order valence-corrected chi connectivity index (χ2v) is 4.08. The molecule has 0 saturated heterocycles. The fourth-order valence-corrected chi connectivity index (χ4v) is 1.49. The van der Waals surface area contributed by atoms with E-state index in [2.05, 4.69) is 10.6 Å². The molecule has 0 aliphatic rings. The van der Waals surface area contributed by atoms with E-state index < -0.39 is 0 Å². The Morgan fingerprint density at radius 3 is 2.83 bits per heavy atom. The molecule has 5 nitrogen and oxygen atoms in total. The number of ether oxygens (including phenoxy) is 1. The van der Waals surface area contributed by atoms with Gasteiger partial charge in [-0.05, 0) is 25.5 Å². The monoisotopic (exact) mass is 251 g/mol. The highest BCUT2D eigenvalue weighted by Gasteiger charge is 2.11. The van der Waals surface area contributed by atoms with Crippen LogP contribution in [-0.4, -0.2) is 25.6 Å². The van der Waals surface area contributed by atoms with Gasteiger partial charge in [0.15, 0.2) is 0 Å². The van der Waals surface area contributed by atoms with Crippen LogP contribution in [0.2, 0.25) is 0 Å². The maximum atomic E-state index is 11.4. The first kappa shape index (κ1) is 14.2. The Kier molecular flexibility index (Phi) is 5.30. The number of nitrogens with one attached hydrogen (secondary N) is 2. The van der Waals surface area contributed by atoms with Crippen LogP contribution in [-0.2, 0) is 4.79 Å². The van der Waals surface area contributed by atoms with Crippen LogP contribution < -0.4 is 21.1 Å². The van der Waals surface area contributed by atoms with E-state index in [9.17, 15) is 4.79 Å². The molecule has 0 aliphatic carbocycles. The van der Waals surface area contributed by atoms with Crippen molar-refractivity contribution < 1.29 is 9.53 Å². The van der Waals surface area contributed by atoms with Crippen molar-refractivity contribution in [2.24, 2.45) is 0 Å². The number of hydrogen-bond donors (Lipinski definition) is 3. The molecule has 0 fully saturated rings. The van der Waals surface area contributed by atoms with Crippen molar-refractivity contribution in [2.75, 3.05) is 24.7 Å². The number of nitrogen functional groups attached to an aromatic ring is 1. The van der Waals surface area contributed by atoms with Crippen molar-refractivity contribution in [3.63, 3.8) is 0 Å². The summed E-state index contributed by atoms with van der Waals surface area (Å²) in [5, 5.41) is 5.68. The summed E-state index contributed by atoms with van der Waals surface area (Å²) in [6, 6.07) is 5.10. The maximum Gasteiger partial charge on any atom is 0.241 e. The second kappa shape index (κ2) is 6.74. The molecule has 0 radical (unpaired) electrons. The van der Waals surface area contributed by atoms with E-state index in [4.69, 9.17) is 10.5 Å². The van der Waals surface area contributed by atoms with E-state index in [1.165, 1.54) is 0 Å². The van der Waals surface area contributed by atoms with E-state index >= 15 is 0 Å². The van der Waals surface area contributed by atoms with Crippen molar-refractivity contribution >= 4 is 17.3 Å². The third kappa shape index (κ3) is 3.84. The molecule has 0 aromatic heterocycles. The van der Waals surface area contributed by atoms with Crippen molar-refractivity contribution in [1.82, 2.24) is 5.32 Å². The number of anilines is 2. The average molecular weight is 251 g/mol. The van der Waals surface area contributed by atoms with Crippen LogP contribution in [0.1, 0.15) is 20.3 Å². The zero-order valence-corrected chi connectivity index (χ0v) is 11.1. The zero-order chi connectivity index (χ0) is 13.5. The lowest BCUT2D eigenvalue weighted by molar-refractivity contribution is -0.121. The Balaban J connectivity index is 2.75. The average Bonchev–Trinajstić information content (AvgIpc) is 2.38. The third-order valence-corrected chi connectivity index (χ3v) is 2.50. The molecule has 18 heavy (non-hydrogen) atoms. The summed E-state index contributed by atoms with van der Waals surface area (Å²) in [5.74, 6) is 0.578. The molecule has 1 aromatic carbocycles. The Hall–Kier alpha value is -1.91. The van der Waals surface area contributed by atoms with Gasteiger partial charge in [0.25, 0.3) is 0 Å². The van der Waals surface area contributed by atoms with Crippen LogP contribution in [0.4, 0.5) is 11.4 Å². The lowest BCUT2D eigenvalue weighted by Crippen LogP contribution is -2.35. The molecule has 100 valence electrons. The van der Waals surface area contributed by atoms with Crippen LogP contribution in [0, 0.1) is 0 Å². The van der Waals surface area contributed by atoms with Gasteiger partial charge in [0.1, 0.15) is 11.8 Å². The zero-order valence-electron chi connectivity index (χ0n) is 11.1. The van der Waals surface area contributed by atoms with Crippen molar-refractivity contribution in [1.29, 1.82) is 0 Å². The molecular formula is C13H21N3O2. The molecule has 1 aromatic rings. The third-order valence-electron chi connectivity index (χ3n) is 2.50. The smallest absolute Gasteiger partial charge is 0.241 e. The first-order valence-electron chi connectivity index (χ1n) is 6.09. The summed E-state index contributed by atoms with van der Waals surface area (Å²) in [6.45, 7) is 4.45. The van der Waals surface area contributed by atoms with Gasteiger partial charge >= 0.3 is 0 Å². The summed E-state index contributed by atoms with van der Waals surface area (Å²) < 4.78 is 5.53. The molecular weight excluding hydrogens is 230 g/mol.